The molecule has 0 N–H and O–H groups in total. The number of halogens is 1. The maximum atomic E-state index is 10.9. The summed E-state index contributed by atoms with van der Waals surface area (Å²) in [6.45, 7) is 2.06. The molecule has 0 unspecified atom stereocenters. The number of hydrogen-bond acceptors (Lipinski definition) is 2. The standard InChI is InChI=1S/C14H12ClNO2/c1-2-10-5-3-4-6-12(10)11-7-8-13(15)14(9-11)16(17)18/h3-9H,2H2,1H3. The zero-order valence-corrected chi connectivity index (χ0v) is 10.6. The molecule has 18 heavy (non-hydrogen) atoms. The topological polar surface area (TPSA) is 43.1 Å². The van der Waals surface area contributed by atoms with Crippen molar-refractivity contribution in [2.24, 2.45) is 0 Å². The Kier molecular flexibility index (Phi) is 3.63. The summed E-state index contributed by atoms with van der Waals surface area (Å²) in [6.07, 6.45) is 0.882. The highest BCUT2D eigenvalue weighted by molar-refractivity contribution is 6.32. The molecule has 0 saturated heterocycles. The first-order valence-corrected chi connectivity index (χ1v) is 6.03. The van der Waals surface area contributed by atoms with Gasteiger partial charge in [0, 0.05) is 6.07 Å². The second kappa shape index (κ2) is 5.19. The second-order valence-electron chi connectivity index (χ2n) is 3.93. The Morgan fingerprint density at radius 3 is 2.61 bits per heavy atom. The molecule has 4 heteroatoms. The van der Waals surface area contributed by atoms with Crippen LogP contribution < -0.4 is 0 Å². The summed E-state index contributed by atoms with van der Waals surface area (Å²) in [5.41, 5.74) is 2.94. The maximum absolute atomic E-state index is 10.9. The first kappa shape index (κ1) is 12.6. The van der Waals surface area contributed by atoms with Crippen molar-refractivity contribution in [2.75, 3.05) is 0 Å². The molecule has 0 saturated carbocycles. The van der Waals surface area contributed by atoms with E-state index in [0.29, 0.717) is 0 Å². The minimum atomic E-state index is -0.458. The summed E-state index contributed by atoms with van der Waals surface area (Å²) in [6, 6.07) is 12.8. The molecule has 0 fully saturated rings. The van der Waals surface area contributed by atoms with E-state index in [-0.39, 0.29) is 10.7 Å². The van der Waals surface area contributed by atoms with Gasteiger partial charge in [0.05, 0.1) is 4.92 Å². The summed E-state index contributed by atoms with van der Waals surface area (Å²) in [5, 5.41) is 11.0. The molecule has 2 rings (SSSR count). The molecule has 0 atom stereocenters. The van der Waals surface area contributed by atoms with Crippen LogP contribution in [0.25, 0.3) is 11.1 Å². The average molecular weight is 262 g/mol. The molecule has 0 aliphatic rings. The number of aryl methyl sites for hydroxylation is 1. The van der Waals surface area contributed by atoms with E-state index in [1.54, 1.807) is 6.07 Å². The van der Waals surface area contributed by atoms with Crippen LogP contribution >= 0.6 is 11.6 Å². The number of rotatable bonds is 3. The minimum Gasteiger partial charge on any atom is -0.258 e. The number of benzene rings is 2. The predicted octanol–water partition coefficient (Wildman–Crippen LogP) is 4.48. The minimum absolute atomic E-state index is 0.0555. The Labute approximate surface area is 110 Å². The van der Waals surface area contributed by atoms with Gasteiger partial charge in [0.2, 0.25) is 0 Å². The third kappa shape index (κ3) is 2.36. The van der Waals surface area contributed by atoms with Gasteiger partial charge in [0.25, 0.3) is 5.69 Å². The van der Waals surface area contributed by atoms with Crippen LogP contribution in [0.4, 0.5) is 5.69 Å². The van der Waals surface area contributed by atoms with Gasteiger partial charge in [-0.3, -0.25) is 10.1 Å². The first-order chi connectivity index (χ1) is 8.63. The highest BCUT2D eigenvalue weighted by atomic mass is 35.5. The van der Waals surface area contributed by atoms with Gasteiger partial charge >= 0.3 is 0 Å². The van der Waals surface area contributed by atoms with Gasteiger partial charge in [0.1, 0.15) is 5.02 Å². The largest absolute Gasteiger partial charge is 0.288 e. The third-order valence-corrected chi connectivity index (χ3v) is 3.17. The molecule has 0 aromatic heterocycles. The molecule has 3 nitrogen and oxygen atoms in total. The van der Waals surface area contributed by atoms with E-state index in [4.69, 9.17) is 11.6 Å². The van der Waals surface area contributed by atoms with E-state index >= 15 is 0 Å². The fourth-order valence-electron chi connectivity index (χ4n) is 1.93. The number of nitro groups is 1. The summed E-state index contributed by atoms with van der Waals surface area (Å²) in [4.78, 5) is 10.4. The summed E-state index contributed by atoms with van der Waals surface area (Å²) in [5.74, 6) is 0. The van der Waals surface area contributed by atoms with Crippen molar-refractivity contribution in [1.82, 2.24) is 0 Å². The van der Waals surface area contributed by atoms with E-state index in [1.165, 1.54) is 6.07 Å². The lowest BCUT2D eigenvalue weighted by molar-refractivity contribution is -0.384. The lowest BCUT2D eigenvalue weighted by atomic mass is 9.98. The average Bonchev–Trinajstić information content (AvgIpc) is 2.39. The Morgan fingerprint density at radius 1 is 1.22 bits per heavy atom. The molecule has 2 aromatic rings. The Morgan fingerprint density at radius 2 is 1.94 bits per heavy atom. The van der Waals surface area contributed by atoms with Gasteiger partial charge in [-0.1, -0.05) is 48.9 Å². The lowest BCUT2D eigenvalue weighted by Gasteiger charge is -2.08. The fourth-order valence-corrected chi connectivity index (χ4v) is 2.12. The second-order valence-corrected chi connectivity index (χ2v) is 4.34. The lowest BCUT2D eigenvalue weighted by Crippen LogP contribution is -1.92. The maximum Gasteiger partial charge on any atom is 0.288 e. The van der Waals surface area contributed by atoms with Gasteiger partial charge < -0.3 is 0 Å². The van der Waals surface area contributed by atoms with Crippen LogP contribution in [-0.2, 0) is 6.42 Å². The van der Waals surface area contributed by atoms with E-state index in [0.717, 1.165) is 23.1 Å². The van der Waals surface area contributed by atoms with Crippen LogP contribution in [0, 0.1) is 10.1 Å². The van der Waals surface area contributed by atoms with E-state index in [1.807, 2.05) is 30.3 Å². The molecule has 0 spiro atoms. The molecule has 0 aliphatic carbocycles. The van der Waals surface area contributed by atoms with Gasteiger partial charge in [-0.05, 0) is 29.2 Å². The molecular formula is C14H12ClNO2. The molecule has 92 valence electrons. The van der Waals surface area contributed by atoms with E-state index < -0.39 is 4.92 Å². The monoisotopic (exact) mass is 261 g/mol. The van der Waals surface area contributed by atoms with E-state index in [9.17, 15) is 10.1 Å². The molecule has 0 amide bonds. The van der Waals surface area contributed by atoms with Gasteiger partial charge in [-0.25, -0.2) is 0 Å². The van der Waals surface area contributed by atoms with Gasteiger partial charge in [-0.2, -0.15) is 0 Å². The summed E-state index contributed by atoms with van der Waals surface area (Å²) in [7, 11) is 0. The molecule has 0 radical (unpaired) electrons. The predicted molar refractivity (Wildman–Crippen MR) is 72.9 cm³/mol. The molecule has 2 aromatic carbocycles. The van der Waals surface area contributed by atoms with Gasteiger partial charge in [0.15, 0.2) is 0 Å². The summed E-state index contributed by atoms with van der Waals surface area (Å²) < 4.78 is 0. The van der Waals surface area contributed by atoms with E-state index in [2.05, 4.69) is 6.92 Å². The van der Waals surface area contributed by atoms with Crippen molar-refractivity contribution in [3.05, 3.63) is 63.2 Å². The summed E-state index contributed by atoms with van der Waals surface area (Å²) >= 11 is 5.81. The SMILES string of the molecule is CCc1ccccc1-c1ccc(Cl)c([N+](=O)[O-])c1. The fraction of sp³-hybridized carbons (Fsp3) is 0.143. The van der Waals surface area contributed by atoms with Crippen molar-refractivity contribution in [1.29, 1.82) is 0 Å². The number of hydrogen-bond donors (Lipinski definition) is 0. The van der Waals surface area contributed by atoms with Crippen LogP contribution in [0.5, 0.6) is 0 Å². The highest BCUT2D eigenvalue weighted by Gasteiger charge is 2.14. The van der Waals surface area contributed by atoms with Crippen LogP contribution in [0.3, 0.4) is 0 Å². The number of nitrogens with zero attached hydrogens (tertiary/aromatic N) is 1. The first-order valence-electron chi connectivity index (χ1n) is 5.65. The Bertz CT molecular complexity index is 596. The third-order valence-electron chi connectivity index (χ3n) is 2.85. The van der Waals surface area contributed by atoms with Gasteiger partial charge in [-0.15, -0.1) is 0 Å². The Hall–Kier alpha value is -1.87. The molecule has 0 heterocycles. The smallest absolute Gasteiger partial charge is 0.258 e. The number of nitro benzene ring substituents is 1. The van der Waals surface area contributed by atoms with Crippen LogP contribution in [0.1, 0.15) is 12.5 Å². The van der Waals surface area contributed by atoms with Crippen LogP contribution in [-0.4, -0.2) is 4.92 Å². The molecular weight excluding hydrogens is 250 g/mol. The van der Waals surface area contributed by atoms with Crippen molar-refractivity contribution < 1.29 is 4.92 Å². The highest BCUT2D eigenvalue weighted by Crippen LogP contribution is 2.31. The normalized spacial score (nSPS) is 10.3. The van der Waals surface area contributed by atoms with Crippen molar-refractivity contribution in [3.63, 3.8) is 0 Å². The van der Waals surface area contributed by atoms with Crippen molar-refractivity contribution in [2.45, 2.75) is 13.3 Å². The van der Waals surface area contributed by atoms with Crippen molar-refractivity contribution in [3.8, 4) is 11.1 Å². The zero-order valence-electron chi connectivity index (χ0n) is 9.89. The molecule has 0 bridgehead atoms. The zero-order chi connectivity index (χ0) is 13.1. The van der Waals surface area contributed by atoms with Crippen LogP contribution in [0.15, 0.2) is 42.5 Å². The molecule has 0 aliphatic heterocycles. The van der Waals surface area contributed by atoms with Crippen LogP contribution in [0.2, 0.25) is 5.02 Å². The van der Waals surface area contributed by atoms with Crippen molar-refractivity contribution >= 4 is 17.3 Å². The quantitative estimate of drug-likeness (QED) is 0.604. The Balaban J connectivity index is 2.58.